The summed E-state index contributed by atoms with van der Waals surface area (Å²) >= 11 is 1.60. The molecule has 1 saturated heterocycles. The van der Waals surface area contributed by atoms with Crippen LogP contribution in [0.3, 0.4) is 0 Å². The summed E-state index contributed by atoms with van der Waals surface area (Å²) in [5.74, 6) is -0.807. The van der Waals surface area contributed by atoms with Crippen molar-refractivity contribution >= 4 is 23.2 Å². The normalized spacial score (nSPS) is 15.9. The number of aromatic nitrogens is 2. The van der Waals surface area contributed by atoms with Crippen LogP contribution in [0.5, 0.6) is 0 Å². The highest BCUT2D eigenvalue weighted by Crippen LogP contribution is 2.23. The number of nitrogens with zero attached hydrogens (tertiary/aromatic N) is 3. The lowest BCUT2D eigenvalue weighted by molar-refractivity contribution is -0.131. The number of thiophene rings is 1. The number of likely N-dealkylation sites (tertiary alicyclic amines) is 1. The smallest absolute Gasteiger partial charge is 0.338 e. The fourth-order valence-corrected chi connectivity index (χ4v) is 3.38. The van der Waals surface area contributed by atoms with Gasteiger partial charge in [-0.3, -0.25) is 9.48 Å². The van der Waals surface area contributed by atoms with Gasteiger partial charge in [-0.1, -0.05) is 0 Å². The summed E-state index contributed by atoms with van der Waals surface area (Å²) in [5.41, 5.74) is 1.27. The van der Waals surface area contributed by atoms with E-state index in [9.17, 15) is 9.59 Å². The molecule has 1 amide bonds. The lowest BCUT2D eigenvalue weighted by atomic mass is 10.0. The molecular weight excluding hydrogens is 302 g/mol. The molecule has 116 valence electrons. The molecule has 0 aromatic carbocycles. The van der Waals surface area contributed by atoms with Crippen LogP contribution < -0.4 is 0 Å². The summed E-state index contributed by atoms with van der Waals surface area (Å²) in [5, 5.41) is 17.0. The lowest BCUT2D eigenvalue weighted by Gasteiger charge is -2.32. The molecular formula is C15H17N3O3S. The first kappa shape index (κ1) is 14.8. The minimum absolute atomic E-state index is 0.156. The van der Waals surface area contributed by atoms with Crippen LogP contribution in [0.4, 0.5) is 0 Å². The van der Waals surface area contributed by atoms with Crippen molar-refractivity contribution in [2.24, 2.45) is 0 Å². The number of carboxylic acid groups (broad SMARTS) is 1. The van der Waals surface area contributed by atoms with E-state index in [-0.39, 0.29) is 17.5 Å². The van der Waals surface area contributed by atoms with Crippen molar-refractivity contribution in [1.82, 2.24) is 14.7 Å². The highest BCUT2D eigenvalue weighted by atomic mass is 32.1. The molecule has 1 aliphatic rings. The fraction of sp³-hybridized carbons (Fsp3) is 0.400. The first-order valence-electron chi connectivity index (χ1n) is 7.20. The molecule has 2 aromatic rings. The molecule has 0 bridgehead atoms. The molecule has 2 aromatic heterocycles. The Labute approximate surface area is 132 Å². The first-order chi connectivity index (χ1) is 10.6. The Morgan fingerprint density at radius 3 is 2.73 bits per heavy atom. The fourth-order valence-electron chi connectivity index (χ4n) is 2.71. The molecule has 3 rings (SSSR count). The highest BCUT2D eigenvalue weighted by molar-refractivity contribution is 7.07. The van der Waals surface area contributed by atoms with E-state index >= 15 is 0 Å². The summed E-state index contributed by atoms with van der Waals surface area (Å²) in [6.45, 7) is 1.38. The molecule has 1 fully saturated rings. The molecule has 0 radical (unpaired) electrons. The molecule has 1 aliphatic heterocycles. The van der Waals surface area contributed by atoms with Crippen molar-refractivity contribution in [3.8, 4) is 0 Å². The van der Waals surface area contributed by atoms with E-state index in [1.54, 1.807) is 22.2 Å². The standard InChI is InChI=1S/C15H17N3O3S/c19-14(7-11-3-6-22-10-11)17-4-1-13(2-5-17)18-9-12(8-16-18)15(20)21/h3,6,8-10,13H,1-2,4-5,7H2,(H,20,21). The van der Waals surface area contributed by atoms with Gasteiger partial charge >= 0.3 is 5.97 Å². The monoisotopic (exact) mass is 319 g/mol. The number of carbonyl (C=O) groups excluding carboxylic acids is 1. The van der Waals surface area contributed by atoms with Crippen LogP contribution in [0.15, 0.2) is 29.2 Å². The number of piperidine rings is 1. The predicted molar refractivity (Wildman–Crippen MR) is 82.1 cm³/mol. The maximum absolute atomic E-state index is 12.2. The van der Waals surface area contributed by atoms with Crippen molar-refractivity contribution in [3.63, 3.8) is 0 Å². The van der Waals surface area contributed by atoms with E-state index in [2.05, 4.69) is 5.10 Å². The minimum atomic E-state index is -0.963. The van der Waals surface area contributed by atoms with E-state index in [0.29, 0.717) is 19.5 Å². The van der Waals surface area contributed by atoms with Gasteiger partial charge < -0.3 is 10.0 Å². The molecule has 7 heteroatoms. The predicted octanol–water partition coefficient (Wildman–Crippen LogP) is 2.05. The van der Waals surface area contributed by atoms with Crippen LogP contribution in [0.25, 0.3) is 0 Å². The maximum Gasteiger partial charge on any atom is 0.338 e. The van der Waals surface area contributed by atoms with Crippen LogP contribution in [-0.4, -0.2) is 44.8 Å². The van der Waals surface area contributed by atoms with E-state index in [4.69, 9.17) is 5.11 Å². The Hall–Kier alpha value is -2.15. The Kier molecular flexibility index (Phi) is 4.24. The molecule has 0 spiro atoms. The topological polar surface area (TPSA) is 75.4 Å². The average molecular weight is 319 g/mol. The van der Waals surface area contributed by atoms with Crippen LogP contribution in [0.1, 0.15) is 34.8 Å². The van der Waals surface area contributed by atoms with Gasteiger partial charge in [0.2, 0.25) is 5.91 Å². The maximum atomic E-state index is 12.2. The van der Waals surface area contributed by atoms with Crippen LogP contribution >= 0.6 is 11.3 Å². The third-order valence-corrected chi connectivity index (χ3v) is 4.71. The van der Waals surface area contributed by atoms with Gasteiger partial charge in [-0.05, 0) is 35.2 Å². The van der Waals surface area contributed by atoms with Crippen molar-refractivity contribution in [2.75, 3.05) is 13.1 Å². The Bertz CT molecular complexity index is 657. The molecule has 22 heavy (non-hydrogen) atoms. The van der Waals surface area contributed by atoms with Crippen LogP contribution in [0, 0.1) is 0 Å². The van der Waals surface area contributed by atoms with Gasteiger partial charge in [-0.2, -0.15) is 16.4 Å². The third kappa shape index (κ3) is 3.19. The SMILES string of the molecule is O=C(O)c1cnn(C2CCN(C(=O)Cc3ccsc3)CC2)c1. The van der Waals surface area contributed by atoms with Gasteiger partial charge in [-0.15, -0.1) is 0 Å². The highest BCUT2D eigenvalue weighted by Gasteiger charge is 2.24. The van der Waals surface area contributed by atoms with E-state index in [0.717, 1.165) is 18.4 Å². The molecule has 6 nitrogen and oxygen atoms in total. The summed E-state index contributed by atoms with van der Waals surface area (Å²) in [6.07, 6.45) is 5.00. The molecule has 3 heterocycles. The Balaban J connectivity index is 1.55. The van der Waals surface area contributed by atoms with E-state index in [1.165, 1.54) is 6.20 Å². The third-order valence-electron chi connectivity index (χ3n) is 3.98. The van der Waals surface area contributed by atoms with Crippen molar-refractivity contribution in [1.29, 1.82) is 0 Å². The lowest BCUT2D eigenvalue weighted by Crippen LogP contribution is -2.39. The minimum Gasteiger partial charge on any atom is -0.478 e. The molecule has 1 N–H and O–H groups in total. The summed E-state index contributed by atoms with van der Waals surface area (Å²) in [6, 6.07) is 2.14. The van der Waals surface area contributed by atoms with Gasteiger partial charge in [0, 0.05) is 19.3 Å². The molecule has 0 aliphatic carbocycles. The van der Waals surface area contributed by atoms with Crippen molar-refractivity contribution < 1.29 is 14.7 Å². The van der Waals surface area contributed by atoms with Gasteiger partial charge in [-0.25, -0.2) is 4.79 Å². The summed E-state index contributed by atoms with van der Waals surface area (Å²) in [4.78, 5) is 25.0. The van der Waals surface area contributed by atoms with Gasteiger partial charge in [0.05, 0.1) is 24.2 Å². The zero-order chi connectivity index (χ0) is 15.5. The second-order valence-electron chi connectivity index (χ2n) is 5.43. The van der Waals surface area contributed by atoms with E-state index in [1.807, 2.05) is 21.7 Å². The number of amides is 1. The van der Waals surface area contributed by atoms with Gasteiger partial charge in [0.15, 0.2) is 0 Å². The Morgan fingerprint density at radius 1 is 1.36 bits per heavy atom. The van der Waals surface area contributed by atoms with Gasteiger partial charge in [0.25, 0.3) is 0 Å². The molecule has 0 atom stereocenters. The summed E-state index contributed by atoms with van der Waals surface area (Å²) < 4.78 is 1.71. The zero-order valence-electron chi connectivity index (χ0n) is 12.0. The number of rotatable bonds is 4. The van der Waals surface area contributed by atoms with Crippen LogP contribution in [0.2, 0.25) is 0 Å². The quantitative estimate of drug-likeness (QED) is 0.936. The molecule has 0 saturated carbocycles. The Morgan fingerprint density at radius 2 is 2.14 bits per heavy atom. The number of carbonyl (C=O) groups is 2. The largest absolute Gasteiger partial charge is 0.478 e. The number of carboxylic acids is 1. The summed E-state index contributed by atoms with van der Waals surface area (Å²) in [7, 11) is 0. The first-order valence-corrected chi connectivity index (χ1v) is 8.14. The second-order valence-corrected chi connectivity index (χ2v) is 6.21. The zero-order valence-corrected chi connectivity index (χ0v) is 12.8. The van der Waals surface area contributed by atoms with Crippen molar-refractivity contribution in [2.45, 2.75) is 25.3 Å². The number of hydrogen-bond donors (Lipinski definition) is 1. The second kappa shape index (κ2) is 6.31. The van der Waals surface area contributed by atoms with E-state index < -0.39 is 5.97 Å². The number of hydrogen-bond acceptors (Lipinski definition) is 4. The average Bonchev–Trinajstić information content (AvgIpc) is 3.18. The number of aromatic carboxylic acids is 1. The van der Waals surface area contributed by atoms with Crippen molar-refractivity contribution in [3.05, 3.63) is 40.3 Å². The van der Waals surface area contributed by atoms with Crippen LogP contribution in [-0.2, 0) is 11.2 Å². The molecule has 0 unspecified atom stereocenters. The van der Waals surface area contributed by atoms with Gasteiger partial charge in [0.1, 0.15) is 0 Å².